The van der Waals surface area contributed by atoms with Crippen LogP contribution in [0.25, 0.3) is 32.8 Å². The van der Waals surface area contributed by atoms with Crippen molar-refractivity contribution < 1.29 is 4.42 Å². The van der Waals surface area contributed by atoms with Gasteiger partial charge in [-0.15, -0.1) is 0 Å². The lowest BCUT2D eigenvalue weighted by atomic mass is 10.1. The van der Waals surface area contributed by atoms with Crippen molar-refractivity contribution in [1.29, 1.82) is 0 Å². The molecule has 0 spiro atoms. The molecule has 2 aromatic carbocycles. The summed E-state index contributed by atoms with van der Waals surface area (Å²) in [4.78, 5) is 4.33. The minimum Gasteiger partial charge on any atom is -0.454 e. The quantitative estimate of drug-likeness (QED) is 0.450. The second-order valence-electron chi connectivity index (χ2n) is 4.23. The zero-order chi connectivity index (χ0) is 12.1. The Morgan fingerprint density at radius 2 is 1.67 bits per heavy atom. The van der Waals surface area contributed by atoms with Gasteiger partial charge in [-0.25, -0.2) is 0 Å². The van der Waals surface area contributed by atoms with E-state index in [0.29, 0.717) is 5.02 Å². The van der Waals surface area contributed by atoms with E-state index in [9.17, 15) is 0 Å². The zero-order valence-electron chi connectivity index (χ0n) is 9.35. The maximum atomic E-state index is 6.17. The van der Waals surface area contributed by atoms with Crippen molar-refractivity contribution in [3.05, 3.63) is 53.7 Å². The number of rotatable bonds is 0. The van der Waals surface area contributed by atoms with Crippen molar-refractivity contribution in [3.63, 3.8) is 0 Å². The fraction of sp³-hybridized carbons (Fsp3) is 0. The number of hydrogen-bond donors (Lipinski definition) is 0. The topological polar surface area (TPSA) is 26.0 Å². The molecule has 2 heterocycles. The van der Waals surface area contributed by atoms with E-state index < -0.39 is 0 Å². The maximum absolute atomic E-state index is 6.17. The van der Waals surface area contributed by atoms with E-state index >= 15 is 0 Å². The van der Waals surface area contributed by atoms with E-state index in [4.69, 9.17) is 16.0 Å². The molecule has 0 saturated carbocycles. The van der Waals surface area contributed by atoms with Gasteiger partial charge in [-0.3, -0.25) is 4.98 Å². The van der Waals surface area contributed by atoms with E-state index in [2.05, 4.69) is 4.98 Å². The van der Waals surface area contributed by atoms with Crippen LogP contribution in [-0.4, -0.2) is 4.98 Å². The molecule has 0 aliphatic rings. The molecule has 0 amide bonds. The predicted molar refractivity (Wildman–Crippen MR) is 74.0 cm³/mol. The summed E-state index contributed by atoms with van der Waals surface area (Å²) in [5.41, 5.74) is 2.52. The summed E-state index contributed by atoms with van der Waals surface area (Å²) in [7, 11) is 0. The first-order valence-corrected chi connectivity index (χ1v) is 6.07. The number of aromatic nitrogens is 1. The Morgan fingerprint density at radius 3 is 2.61 bits per heavy atom. The first-order valence-electron chi connectivity index (χ1n) is 5.69. The van der Waals surface area contributed by atoms with Crippen molar-refractivity contribution in [2.75, 3.05) is 0 Å². The summed E-state index contributed by atoms with van der Waals surface area (Å²) >= 11 is 6.17. The third-order valence-electron chi connectivity index (χ3n) is 3.20. The average molecular weight is 254 g/mol. The average Bonchev–Trinajstić information content (AvgIpc) is 2.79. The molecule has 86 valence electrons. The Morgan fingerprint density at radius 1 is 0.833 bits per heavy atom. The highest BCUT2D eigenvalue weighted by molar-refractivity contribution is 6.36. The van der Waals surface area contributed by atoms with Gasteiger partial charge in [-0.05, 0) is 30.3 Å². The van der Waals surface area contributed by atoms with Gasteiger partial charge in [0, 0.05) is 22.4 Å². The molecule has 0 aliphatic carbocycles. The smallest absolute Gasteiger partial charge is 0.154 e. The molecule has 0 saturated heterocycles. The fourth-order valence-electron chi connectivity index (χ4n) is 2.37. The molecule has 0 fully saturated rings. The molecule has 3 heteroatoms. The summed E-state index contributed by atoms with van der Waals surface area (Å²) in [6, 6.07) is 13.8. The predicted octanol–water partition coefficient (Wildman–Crippen LogP) is 4.79. The van der Waals surface area contributed by atoms with Crippen LogP contribution in [0.2, 0.25) is 5.02 Å². The summed E-state index contributed by atoms with van der Waals surface area (Å²) in [5, 5.41) is 3.78. The highest BCUT2D eigenvalue weighted by atomic mass is 35.5. The highest BCUT2D eigenvalue weighted by Gasteiger charge is 2.11. The summed E-state index contributed by atoms with van der Waals surface area (Å²) in [6.07, 6.45) is 1.78. The number of pyridine rings is 1. The largest absolute Gasteiger partial charge is 0.454 e. The fourth-order valence-corrected chi connectivity index (χ4v) is 2.59. The Balaban J connectivity index is 2.33. The SMILES string of the molecule is Clc1cccc2c1oc1c3cccnc3ccc21. The minimum atomic E-state index is 0.640. The zero-order valence-corrected chi connectivity index (χ0v) is 10.1. The molecule has 0 bridgehead atoms. The molecule has 0 N–H and O–H groups in total. The number of hydrogen-bond acceptors (Lipinski definition) is 2. The molecular weight excluding hydrogens is 246 g/mol. The number of nitrogens with zero attached hydrogens (tertiary/aromatic N) is 1. The maximum Gasteiger partial charge on any atom is 0.154 e. The van der Waals surface area contributed by atoms with Crippen molar-refractivity contribution in [2.24, 2.45) is 0 Å². The first kappa shape index (κ1) is 9.92. The van der Waals surface area contributed by atoms with Gasteiger partial charge in [0.2, 0.25) is 0 Å². The van der Waals surface area contributed by atoms with Crippen LogP contribution in [0.4, 0.5) is 0 Å². The van der Waals surface area contributed by atoms with E-state index in [0.717, 1.165) is 32.8 Å². The van der Waals surface area contributed by atoms with Crippen LogP contribution in [0.1, 0.15) is 0 Å². The van der Waals surface area contributed by atoms with Crippen LogP contribution in [0.5, 0.6) is 0 Å². The van der Waals surface area contributed by atoms with Gasteiger partial charge in [0.15, 0.2) is 5.58 Å². The Bertz CT molecular complexity index is 895. The van der Waals surface area contributed by atoms with Crippen LogP contribution in [0.15, 0.2) is 53.1 Å². The monoisotopic (exact) mass is 253 g/mol. The third-order valence-corrected chi connectivity index (χ3v) is 3.49. The van der Waals surface area contributed by atoms with E-state index in [1.807, 2.05) is 42.5 Å². The van der Waals surface area contributed by atoms with Gasteiger partial charge in [-0.2, -0.15) is 0 Å². The van der Waals surface area contributed by atoms with Crippen molar-refractivity contribution in [1.82, 2.24) is 4.98 Å². The molecule has 18 heavy (non-hydrogen) atoms. The second kappa shape index (κ2) is 3.47. The summed E-state index contributed by atoms with van der Waals surface area (Å²) in [5.74, 6) is 0. The molecule has 2 nitrogen and oxygen atoms in total. The lowest BCUT2D eigenvalue weighted by Crippen LogP contribution is -1.76. The van der Waals surface area contributed by atoms with E-state index in [-0.39, 0.29) is 0 Å². The lowest BCUT2D eigenvalue weighted by molar-refractivity contribution is 0.672. The van der Waals surface area contributed by atoms with Gasteiger partial charge in [0.25, 0.3) is 0 Å². The Kier molecular flexibility index (Phi) is 1.91. The van der Waals surface area contributed by atoms with E-state index in [1.54, 1.807) is 6.20 Å². The van der Waals surface area contributed by atoms with Crippen molar-refractivity contribution >= 4 is 44.4 Å². The Hall–Kier alpha value is -2.06. The van der Waals surface area contributed by atoms with Gasteiger partial charge in [-0.1, -0.05) is 23.7 Å². The second-order valence-corrected chi connectivity index (χ2v) is 4.64. The van der Waals surface area contributed by atoms with Crippen LogP contribution < -0.4 is 0 Å². The normalized spacial score (nSPS) is 11.6. The molecule has 2 aromatic heterocycles. The molecule has 0 radical (unpaired) electrons. The molecule has 4 aromatic rings. The number of benzene rings is 2. The van der Waals surface area contributed by atoms with E-state index in [1.165, 1.54) is 0 Å². The molecule has 4 rings (SSSR count). The van der Waals surface area contributed by atoms with Crippen LogP contribution in [0.3, 0.4) is 0 Å². The van der Waals surface area contributed by atoms with Crippen molar-refractivity contribution in [2.45, 2.75) is 0 Å². The van der Waals surface area contributed by atoms with Crippen LogP contribution in [-0.2, 0) is 0 Å². The summed E-state index contributed by atoms with van der Waals surface area (Å²) < 4.78 is 5.92. The third kappa shape index (κ3) is 1.21. The Labute approximate surface area is 108 Å². The molecule has 0 unspecified atom stereocenters. The first-order chi connectivity index (χ1) is 8.84. The van der Waals surface area contributed by atoms with Gasteiger partial charge >= 0.3 is 0 Å². The number of furan rings is 1. The van der Waals surface area contributed by atoms with Crippen LogP contribution in [0, 0.1) is 0 Å². The molecule has 0 atom stereocenters. The lowest BCUT2D eigenvalue weighted by Gasteiger charge is -1.96. The van der Waals surface area contributed by atoms with Crippen LogP contribution >= 0.6 is 11.6 Å². The van der Waals surface area contributed by atoms with Gasteiger partial charge in [0.05, 0.1) is 10.5 Å². The summed E-state index contributed by atoms with van der Waals surface area (Å²) in [6.45, 7) is 0. The highest BCUT2D eigenvalue weighted by Crippen LogP contribution is 2.36. The van der Waals surface area contributed by atoms with Crippen molar-refractivity contribution in [3.8, 4) is 0 Å². The minimum absolute atomic E-state index is 0.640. The number of para-hydroxylation sites is 1. The number of fused-ring (bicyclic) bond motifs is 5. The standard InChI is InChI=1S/C15H8ClNO/c16-12-5-1-3-9-10-6-7-13-11(4-2-8-17-13)14(10)18-15(9)12/h1-8H. The van der Waals surface area contributed by atoms with Gasteiger partial charge in [0.1, 0.15) is 5.58 Å². The molecule has 0 aliphatic heterocycles. The number of halogens is 1. The van der Waals surface area contributed by atoms with Gasteiger partial charge < -0.3 is 4.42 Å². The molecular formula is C15H8ClNO.